The molecule has 0 aliphatic heterocycles. The first-order chi connectivity index (χ1) is 6.69. The number of hydrogen-bond acceptors (Lipinski definition) is 3. The molecule has 0 saturated carbocycles. The lowest BCUT2D eigenvalue weighted by Crippen LogP contribution is -2.25. The lowest BCUT2D eigenvalue weighted by molar-refractivity contribution is 0.803. The van der Waals surface area contributed by atoms with Crippen LogP contribution in [0.2, 0.25) is 0 Å². The Morgan fingerprint density at radius 1 is 1.57 bits per heavy atom. The smallest absolute Gasteiger partial charge is 0.102 e. The summed E-state index contributed by atoms with van der Waals surface area (Å²) in [5, 5.41) is 12.2. The molecule has 0 radical (unpaired) electrons. The summed E-state index contributed by atoms with van der Waals surface area (Å²) >= 11 is 0. The molecule has 1 rings (SSSR count). The van der Waals surface area contributed by atoms with E-state index < -0.39 is 0 Å². The third-order valence-corrected chi connectivity index (χ3v) is 2.14. The number of anilines is 1. The van der Waals surface area contributed by atoms with Gasteiger partial charge >= 0.3 is 0 Å². The van der Waals surface area contributed by atoms with Gasteiger partial charge in [-0.25, -0.2) is 0 Å². The van der Waals surface area contributed by atoms with E-state index in [0.717, 1.165) is 11.3 Å². The maximum Gasteiger partial charge on any atom is 0.102 e. The molecule has 0 aromatic heterocycles. The Labute approximate surface area is 84.5 Å². The second-order valence-electron chi connectivity index (χ2n) is 3.39. The topological polar surface area (TPSA) is 61.8 Å². The first-order valence-corrected chi connectivity index (χ1v) is 4.65. The van der Waals surface area contributed by atoms with Crippen LogP contribution in [0.5, 0.6) is 0 Å². The minimum atomic E-state index is 0.184. The third-order valence-electron chi connectivity index (χ3n) is 2.14. The van der Waals surface area contributed by atoms with Gasteiger partial charge in [-0.05, 0) is 25.5 Å². The second-order valence-corrected chi connectivity index (χ2v) is 3.39. The Bertz CT molecular complexity index is 352. The molecule has 1 atom stereocenters. The van der Waals surface area contributed by atoms with Crippen LogP contribution in [0.3, 0.4) is 0 Å². The number of nitrogens with zero attached hydrogens (tertiary/aromatic N) is 1. The Hall–Kier alpha value is -1.53. The van der Waals surface area contributed by atoms with Crippen LogP contribution < -0.4 is 11.1 Å². The highest BCUT2D eigenvalue weighted by atomic mass is 14.9. The maximum atomic E-state index is 8.96. The van der Waals surface area contributed by atoms with Gasteiger partial charge < -0.3 is 11.1 Å². The van der Waals surface area contributed by atoms with E-state index in [0.29, 0.717) is 12.1 Å². The largest absolute Gasteiger partial charge is 0.380 e. The monoisotopic (exact) mass is 189 g/mol. The van der Waals surface area contributed by atoms with E-state index >= 15 is 0 Å². The molecule has 0 aliphatic carbocycles. The van der Waals surface area contributed by atoms with Gasteiger partial charge in [-0.15, -0.1) is 0 Å². The Balaban J connectivity index is 2.98. The number of nitrogens with two attached hydrogens (primary N) is 1. The molecule has 0 fully saturated rings. The van der Waals surface area contributed by atoms with Gasteiger partial charge in [0.05, 0.1) is 11.3 Å². The fraction of sp³-hybridized carbons (Fsp3) is 0.364. The summed E-state index contributed by atoms with van der Waals surface area (Å²) in [4.78, 5) is 0. The molecule has 3 nitrogen and oxygen atoms in total. The van der Waals surface area contributed by atoms with Crippen LogP contribution in [0.15, 0.2) is 18.2 Å². The summed E-state index contributed by atoms with van der Waals surface area (Å²) in [7, 11) is 0. The minimum Gasteiger partial charge on any atom is -0.380 e. The van der Waals surface area contributed by atoms with Gasteiger partial charge in [0, 0.05) is 12.6 Å². The highest BCUT2D eigenvalue weighted by Gasteiger charge is 2.06. The molecule has 0 amide bonds. The quantitative estimate of drug-likeness (QED) is 0.759. The van der Waals surface area contributed by atoms with Crippen LogP contribution in [0, 0.1) is 18.3 Å². The van der Waals surface area contributed by atoms with E-state index in [4.69, 9.17) is 11.0 Å². The molecule has 14 heavy (non-hydrogen) atoms. The zero-order valence-electron chi connectivity index (χ0n) is 8.54. The van der Waals surface area contributed by atoms with Crippen molar-refractivity contribution in [2.45, 2.75) is 19.9 Å². The van der Waals surface area contributed by atoms with Crippen molar-refractivity contribution >= 4 is 5.69 Å². The van der Waals surface area contributed by atoms with E-state index in [-0.39, 0.29) is 6.04 Å². The van der Waals surface area contributed by atoms with Gasteiger partial charge in [0.2, 0.25) is 0 Å². The predicted molar refractivity (Wildman–Crippen MR) is 58.0 cm³/mol. The molecule has 1 unspecified atom stereocenters. The molecule has 0 bridgehead atoms. The Kier molecular flexibility index (Phi) is 3.49. The van der Waals surface area contributed by atoms with Crippen LogP contribution in [-0.4, -0.2) is 12.6 Å². The average Bonchev–Trinajstić information content (AvgIpc) is 2.18. The molecule has 0 spiro atoms. The van der Waals surface area contributed by atoms with Crippen molar-refractivity contribution in [3.05, 3.63) is 29.3 Å². The molecule has 1 aromatic rings. The van der Waals surface area contributed by atoms with Gasteiger partial charge in [-0.2, -0.15) is 5.26 Å². The highest BCUT2D eigenvalue weighted by Crippen LogP contribution is 2.18. The molecular weight excluding hydrogens is 174 g/mol. The average molecular weight is 189 g/mol. The SMILES string of the molecule is Cc1cccc(NC(C)CN)c1C#N. The number of hydrogen-bond donors (Lipinski definition) is 2. The molecule has 0 saturated heterocycles. The predicted octanol–water partition coefficient (Wildman–Crippen LogP) is 1.63. The molecule has 0 aliphatic rings. The van der Waals surface area contributed by atoms with Crippen molar-refractivity contribution in [3.8, 4) is 6.07 Å². The minimum absolute atomic E-state index is 0.184. The lowest BCUT2D eigenvalue weighted by Gasteiger charge is -2.14. The summed E-state index contributed by atoms with van der Waals surface area (Å²) < 4.78 is 0. The summed E-state index contributed by atoms with van der Waals surface area (Å²) in [6.45, 7) is 4.47. The summed E-state index contributed by atoms with van der Waals surface area (Å²) in [6, 6.07) is 8.13. The number of rotatable bonds is 3. The zero-order valence-corrected chi connectivity index (χ0v) is 8.54. The van der Waals surface area contributed by atoms with Crippen LogP contribution >= 0.6 is 0 Å². The lowest BCUT2D eigenvalue weighted by atomic mass is 10.1. The molecule has 1 aromatic carbocycles. The van der Waals surface area contributed by atoms with Crippen molar-refractivity contribution in [3.63, 3.8) is 0 Å². The van der Waals surface area contributed by atoms with E-state index in [1.54, 1.807) is 0 Å². The normalized spacial score (nSPS) is 11.9. The van der Waals surface area contributed by atoms with Crippen molar-refractivity contribution < 1.29 is 0 Å². The molecular formula is C11H15N3. The van der Waals surface area contributed by atoms with E-state index in [1.165, 1.54) is 0 Å². The van der Waals surface area contributed by atoms with E-state index in [2.05, 4.69) is 11.4 Å². The Morgan fingerprint density at radius 3 is 2.86 bits per heavy atom. The third kappa shape index (κ3) is 2.24. The number of aryl methyl sites for hydroxylation is 1. The standard InChI is InChI=1S/C11H15N3/c1-8-4-3-5-11(10(8)7-13)14-9(2)6-12/h3-5,9,14H,6,12H2,1-2H3. The van der Waals surface area contributed by atoms with Crippen molar-refractivity contribution in [1.29, 1.82) is 5.26 Å². The molecule has 0 heterocycles. The zero-order chi connectivity index (χ0) is 10.6. The van der Waals surface area contributed by atoms with Crippen LogP contribution in [0.4, 0.5) is 5.69 Å². The fourth-order valence-electron chi connectivity index (χ4n) is 1.26. The van der Waals surface area contributed by atoms with Gasteiger partial charge in [-0.1, -0.05) is 12.1 Å². The number of benzene rings is 1. The van der Waals surface area contributed by atoms with Crippen LogP contribution in [0.25, 0.3) is 0 Å². The first kappa shape index (κ1) is 10.6. The van der Waals surface area contributed by atoms with Crippen molar-refractivity contribution in [2.24, 2.45) is 5.73 Å². The maximum absolute atomic E-state index is 8.96. The second kappa shape index (κ2) is 4.64. The van der Waals surface area contributed by atoms with Gasteiger partial charge in [0.15, 0.2) is 0 Å². The van der Waals surface area contributed by atoms with E-state index in [1.807, 2.05) is 32.0 Å². The number of nitrogens with one attached hydrogen (secondary N) is 1. The van der Waals surface area contributed by atoms with Gasteiger partial charge in [0.1, 0.15) is 6.07 Å². The van der Waals surface area contributed by atoms with Crippen LogP contribution in [0.1, 0.15) is 18.1 Å². The summed E-state index contributed by atoms with van der Waals surface area (Å²) in [5.74, 6) is 0. The highest BCUT2D eigenvalue weighted by molar-refractivity contribution is 5.60. The van der Waals surface area contributed by atoms with Crippen molar-refractivity contribution in [2.75, 3.05) is 11.9 Å². The van der Waals surface area contributed by atoms with Gasteiger partial charge in [0.25, 0.3) is 0 Å². The fourth-order valence-corrected chi connectivity index (χ4v) is 1.26. The molecule has 3 heteroatoms. The first-order valence-electron chi connectivity index (χ1n) is 4.65. The van der Waals surface area contributed by atoms with Crippen molar-refractivity contribution in [1.82, 2.24) is 0 Å². The van der Waals surface area contributed by atoms with Gasteiger partial charge in [-0.3, -0.25) is 0 Å². The molecule has 3 N–H and O–H groups in total. The summed E-state index contributed by atoms with van der Waals surface area (Å²) in [5.41, 5.74) is 8.06. The van der Waals surface area contributed by atoms with Crippen LogP contribution in [-0.2, 0) is 0 Å². The van der Waals surface area contributed by atoms with E-state index in [9.17, 15) is 0 Å². The number of nitriles is 1. The Morgan fingerprint density at radius 2 is 2.29 bits per heavy atom. The summed E-state index contributed by atoms with van der Waals surface area (Å²) in [6.07, 6.45) is 0. The molecule has 74 valence electrons.